The first-order valence-corrected chi connectivity index (χ1v) is 10.9. The molecule has 0 aliphatic rings. The average molecular weight is 422 g/mol. The number of ether oxygens (including phenoxy) is 1. The van der Waals surface area contributed by atoms with Gasteiger partial charge in [-0.3, -0.25) is 0 Å². The third-order valence-corrected chi connectivity index (χ3v) is 5.29. The van der Waals surface area contributed by atoms with Crippen molar-refractivity contribution in [1.29, 1.82) is 0 Å². The Hall–Kier alpha value is -3.72. The standard InChI is InChI=1S/C21H18N4O4S/c1-30(26,27)18-11-5-10-17(13-18)28-19-16(9-6-12-22-19)14-23-21-24-20(29-25-21)15-7-3-2-4-8-15/h2-13H,14H2,1H3,(H,23,25). The molecular formula is C21H18N4O4S. The van der Waals surface area contributed by atoms with Gasteiger partial charge in [0.25, 0.3) is 11.8 Å². The number of anilines is 1. The van der Waals surface area contributed by atoms with Crippen molar-refractivity contribution in [3.63, 3.8) is 0 Å². The Morgan fingerprint density at radius 2 is 1.87 bits per heavy atom. The lowest BCUT2D eigenvalue weighted by molar-refractivity contribution is 0.432. The maximum absolute atomic E-state index is 11.8. The van der Waals surface area contributed by atoms with E-state index in [1.807, 2.05) is 36.4 Å². The van der Waals surface area contributed by atoms with Crippen molar-refractivity contribution in [2.45, 2.75) is 11.4 Å². The summed E-state index contributed by atoms with van der Waals surface area (Å²) in [7, 11) is -3.33. The predicted octanol–water partition coefficient (Wildman–Crippen LogP) is 3.94. The van der Waals surface area contributed by atoms with Crippen LogP contribution in [0.4, 0.5) is 5.95 Å². The summed E-state index contributed by atoms with van der Waals surface area (Å²) in [5, 5.41) is 7.02. The van der Waals surface area contributed by atoms with Gasteiger partial charge in [0.15, 0.2) is 9.84 Å². The topological polar surface area (TPSA) is 107 Å². The zero-order valence-electron chi connectivity index (χ0n) is 16.0. The Labute approximate surface area is 173 Å². The number of hydrogen-bond acceptors (Lipinski definition) is 8. The van der Waals surface area contributed by atoms with Gasteiger partial charge >= 0.3 is 0 Å². The van der Waals surface area contributed by atoms with E-state index in [1.165, 1.54) is 12.1 Å². The SMILES string of the molecule is CS(=O)(=O)c1cccc(Oc2ncccc2CNc2noc(-c3ccccc3)n2)c1. The summed E-state index contributed by atoms with van der Waals surface area (Å²) in [4.78, 5) is 8.76. The molecule has 2 aromatic heterocycles. The van der Waals surface area contributed by atoms with Gasteiger partial charge < -0.3 is 14.6 Å². The van der Waals surface area contributed by atoms with Gasteiger partial charge in [0.2, 0.25) is 5.88 Å². The van der Waals surface area contributed by atoms with Crippen LogP contribution < -0.4 is 10.1 Å². The fourth-order valence-electron chi connectivity index (χ4n) is 2.70. The minimum atomic E-state index is -3.33. The third kappa shape index (κ3) is 4.64. The minimum absolute atomic E-state index is 0.177. The van der Waals surface area contributed by atoms with E-state index in [0.29, 0.717) is 30.0 Å². The molecular weight excluding hydrogens is 404 g/mol. The van der Waals surface area contributed by atoms with Gasteiger partial charge in [0.05, 0.1) is 4.90 Å². The summed E-state index contributed by atoms with van der Waals surface area (Å²) in [6.45, 7) is 0.336. The summed E-state index contributed by atoms with van der Waals surface area (Å²) in [5.41, 5.74) is 1.57. The van der Waals surface area contributed by atoms with E-state index >= 15 is 0 Å². The number of nitrogens with zero attached hydrogens (tertiary/aromatic N) is 3. The van der Waals surface area contributed by atoms with E-state index in [9.17, 15) is 8.42 Å². The Balaban J connectivity index is 1.49. The molecule has 30 heavy (non-hydrogen) atoms. The number of benzene rings is 2. The molecule has 0 amide bonds. The van der Waals surface area contributed by atoms with Crippen LogP contribution in [0.1, 0.15) is 5.56 Å². The van der Waals surface area contributed by atoms with Gasteiger partial charge in [-0.15, -0.1) is 0 Å². The summed E-state index contributed by atoms with van der Waals surface area (Å²) in [5.74, 6) is 1.48. The first-order chi connectivity index (χ1) is 14.5. The maximum Gasteiger partial charge on any atom is 0.264 e. The summed E-state index contributed by atoms with van der Waals surface area (Å²) in [6.07, 6.45) is 2.75. The molecule has 0 aliphatic carbocycles. The van der Waals surface area contributed by atoms with Crippen molar-refractivity contribution in [3.8, 4) is 23.1 Å². The molecule has 0 saturated carbocycles. The van der Waals surface area contributed by atoms with Crippen LogP contribution in [0.15, 0.2) is 82.3 Å². The second kappa shape index (κ2) is 8.34. The van der Waals surface area contributed by atoms with E-state index in [-0.39, 0.29) is 4.90 Å². The number of pyridine rings is 1. The van der Waals surface area contributed by atoms with E-state index in [1.54, 1.807) is 24.4 Å². The number of nitrogens with one attached hydrogen (secondary N) is 1. The highest BCUT2D eigenvalue weighted by molar-refractivity contribution is 7.90. The van der Waals surface area contributed by atoms with Gasteiger partial charge in [-0.05, 0) is 41.6 Å². The van der Waals surface area contributed by atoms with Crippen LogP contribution in [-0.4, -0.2) is 29.8 Å². The fourth-order valence-corrected chi connectivity index (χ4v) is 3.35. The van der Waals surface area contributed by atoms with Crippen LogP contribution in [0.2, 0.25) is 0 Å². The van der Waals surface area contributed by atoms with Crippen LogP contribution in [0.3, 0.4) is 0 Å². The summed E-state index contributed by atoms with van der Waals surface area (Å²) >= 11 is 0. The molecule has 2 aromatic carbocycles. The van der Waals surface area contributed by atoms with Gasteiger partial charge in [-0.2, -0.15) is 4.98 Å². The highest BCUT2D eigenvalue weighted by atomic mass is 32.2. The molecule has 8 nitrogen and oxygen atoms in total. The molecule has 4 aromatic rings. The highest BCUT2D eigenvalue weighted by Gasteiger charge is 2.12. The van der Waals surface area contributed by atoms with Crippen LogP contribution in [-0.2, 0) is 16.4 Å². The Bertz CT molecular complexity index is 1260. The normalized spacial score (nSPS) is 11.2. The zero-order valence-corrected chi connectivity index (χ0v) is 16.8. The monoisotopic (exact) mass is 422 g/mol. The zero-order chi connectivity index (χ0) is 21.0. The first-order valence-electron chi connectivity index (χ1n) is 9.04. The van der Waals surface area contributed by atoms with Crippen molar-refractivity contribution in [3.05, 3.63) is 78.5 Å². The molecule has 0 saturated heterocycles. The molecule has 4 rings (SSSR count). The minimum Gasteiger partial charge on any atom is -0.439 e. The Morgan fingerprint density at radius 3 is 2.67 bits per heavy atom. The molecule has 1 N–H and O–H groups in total. The second-order valence-electron chi connectivity index (χ2n) is 6.46. The van der Waals surface area contributed by atoms with E-state index in [2.05, 4.69) is 20.4 Å². The predicted molar refractivity (Wildman–Crippen MR) is 111 cm³/mol. The van der Waals surface area contributed by atoms with Gasteiger partial charge in [0, 0.05) is 30.1 Å². The molecule has 0 aliphatic heterocycles. The number of aromatic nitrogens is 3. The van der Waals surface area contributed by atoms with Crippen LogP contribution in [0, 0.1) is 0 Å². The van der Waals surface area contributed by atoms with E-state index in [4.69, 9.17) is 9.26 Å². The molecule has 2 heterocycles. The van der Waals surface area contributed by atoms with Crippen molar-refractivity contribution in [1.82, 2.24) is 15.1 Å². The van der Waals surface area contributed by atoms with E-state index in [0.717, 1.165) is 17.4 Å². The third-order valence-electron chi connectivity index (χ3n) is 4.18. The van der Waals surface area contributed by atoms with E-state index < -0.39 is 9.84 Å². The van der Waals surface area contributed by atoms with Crippen molar-refractivity contribution >= 4 is 15.8 Å². The molecule has 0 bridgehead atoms. The fraction of sp³-hybridized carbons (Fsp3) is 0.0952. The van der Waals surface area contributed by atoms with Crippen LogP contribution in [0.5, 0.6) is 11.6 Å². The van der Waals surface area contributed by atoms with Gasteiger partial charge in [-0.25, -0.2) is 13.4 Å². The largest absolute Gasteiger partial charge is 0.439 e. The first kappa shape index (κ1) is 19.6. The van der Waals surface area contributed by atoms with Crippen molar-refractivity contribution in [2.24, 2.45) is 0 Å². The lowest BCUT2D eigenvalue weighted by atomic mass is 10.2. The Kier molecular flexibility index (Phi) is 5.44. The molecule has 9 heteroatoms. The second-order valence-corrected chi connectivity index (χ2v) is 8.48. The van der Waals surface area contributed by atoms with Crippen LogP contribution in [0.25, 0.3) is 11.5 Å². The lowest BCUT2D eigenvalue weighted by Crippen LogP contribution is -2.04. The maximum atomic E-state index is 11.8. The van der Waals surface area contributed by atoms with Gasteiger partial charge in [-0.1, -0.05) is 30.3 Å². The molecule has 0 spiro atoms. The average Bonchev–Trinajstić information content (AvgIpc) is 3.22. The molecule has 0 unspecified atom stereocenters. The van der Waals surface area contributed by atoms with Crippen molar-refractivity contribution < 1.29 is 17.7 Å². The molecule has 0 atom stereocenters. The number of hydrogen-bond donors (Lipinski definition) is 1. The summed E-state index contributed by atoms with van der Waals surface area (Å²) < 4.78 is 34.6. The summed E-state index contributed by atoms with van der Waals surface area (Å²) in [6, 6.07) is 19.4. The quantitative estimate of drug-likeness (QED) is 0.477. The van der Waals surface area contributed by atoms with Gasteiger partial charge in [0.1, 0.15) is 5.75 Å². The van der Waals surface area contributed by atoms with Crippen molar-refractivity contribution in [2.75, 3.05) is 11.6 Å². The molecule has 0 radical (unpaired) electrons. The molecule has 152 valence electrons. The smallest absolute Gasteiger partial charge is 0.264 e. The highest BCUT2D eigenvalue weighted by Crippen LogP contribution is 2.26. The lowest BCUT2D eigenvalue weighted by Gasteiger charge is -2.10. The van der Waals surface area contributed by atoms with Crippen LogP contribution >= 0.6 is 0 Å². The number of sulfone groups is 1. The molecule has 0 fully saturated rings. The Morgan fingerprint density at radius 1 is 1.03 bits per heavy atom. The number of rotatable bonds is 7.